The second kappa shape index (κ2) is 9.08. The van der Waals surface area contributed by atoms with Gasteiger partial charge in [-0.25, -0.2) is 8.42 Å². The minimum Gasteiger partial charge on any atom is -0.379 e. The second-order valence-corrected chi connectivity index (χ2v) is 10.1. The zero-order valence-electron chi connectivity index (χ0n) is 18.0. The fraction of sp³-hybridized carbons (Fsp3) is 0.435. The molecule has 0 bridgehead atoms. The molecule has 0 saturated carbocycles. The van der Waals surface area contributed by atoms with Crippen molar-refractivity contribution >= 4 is 15.9 Å². The summed E-state index contributed by atoms with van der Waals surface area (Å²) in [5.41, 5.74) is 1.79. The molecular weight excluding hydrogens is 414 g/mol. The predicted molar refractivity (Wildman–Crippen MR) is 118 cm³/mol. The lowest BCUT2D eigenvalue weighted by molar-refractivity contribution is -0.137. The first-order valence-electron chi connectivity index (χ1n) is 10.6. The number of rotatable bonds is 5. The van der Waals surface area contributed by atoms with Gasteiger partial charge in [0.25, 0.3) is 0 Å². The first kappa shape index (κ1) is 22.0. The quantitative estimate of drug-likeness (QED) is 0.709. The maximum Gasteiger partial charge on any atom is 0.245 e. The van der Waals surface area contributed by atoms with Crippen LogP contribution in [0.3, 0.4) is 0 Å². The van der Waals surface area contributed by atoms with Crippen molar-refractivity contribution in [2.24, 2.45) is 0 Å². The third-order valence-electron chi connectivity index (χ3n) is 5.93. The average molecular weight is 444 g/mol. The molecule has 0 N–H and O–H groups in total. The average Bonchev–Trinajstić information content (AvgIpc) is 3.13. The Balaban J connectivity index is 1.68. The SMILES string of the molecule is Cc1ccc(S(=O)(=O)N2C[C@H](C)N(C(=O)CN3CCOCC3)[C@H]2c2ccccc2)cc1. The van der Waals surface area contributed by atoms with Crippen LogP contribution in [0.1, 0.15) is 24.2 Å². The summed E-state index contributed by atoms with van der Waals surface area (Å²) in [6, 6.07) is 16.0. The molecule has 1 amide bonds. The van der Waals surface area contributed by atoms with E-state index in [1.54, 1.807) is 29.2 Å². The Labute approximate surface area is 184 Å². The summed E-state index contributed by atoms with van der Waals surface area (Å²) < 4.78 is 34.0. The maximum absolute atomic E-state index is 13.6. The van der Waals surface area contributed by atoms with Crippen molar-refractivity contribution in [3.05, 3.63) is 65.7 Å². The van der Waals surface area contributed by atoms with E-state index in [2.05, 4.69) is 4.90 Å². The molecule has 2 aromatic carbocycles. The molecule has 0 aromatic heterocycles. The fourth-order valence-corrected chi connectivity index (χ4v) is 5.92. The number of morpholine rings is 1. The molecular formula is C23H29N3O4S. The van der Waals surface area contributed by atoms with Gasteiger partial charge in [-0.3, -0.25) is 9.69 Å². The molecule has 31 heavy (non-hydrogen) atoms. The van der Waals surface area contributed by atoms with Crippen LogP contribution >= 0.6 is 0 Å². The summed E-state index contributed by atoms with van der Waals surface area (Å²) >= 11 is 0. The van der Waals surface area contributed by atoms with Crippen LogP contribution in [0.2, 0.25) is 0 Å². The predicted octanol–water partition coefficient (Wildman–Crippen LogP) is 2.25. The Morgan fingerprint density at radius 1 is 1.03 bits per heavy atom. The number of amides is 1. The van der Waals surface area contributed by atoms with E-state index in [0.29, 0.717) is 26.3 Å². The molecule has 2 atom stereocenters. The number of nitrogens with zero attached hydrogens (tertiary/aromatic N) is 3. The van der Waals surface area contributed by atoms with Crippen molar-refractivity contribution < 1.29 is 17.9 Å². The molecule has 2 saturated heterocycles. The molecule has 2 heterocycles. The van der Waals surface area contributed by atoms with Gasteiger partial charge >= 0.3 is 0 Å². The number of ether oxygens (including phenoxy) is 1. The minimum absolute atomic E-state index is 0.0649. The number of benzene rings is 2. The lowest BCUT2D eigenvalue weighted by atomic mass is 10.1. The van der Waals surface area contributed by atoms with E-state index >= 15 is 0 Å². The van der Waals surface area contributed by atoms with E-state index in [4.69, 9.17) is 4.74 Å². The van der Waals surface area contributed by atoms with Gasteiger partial charge in [0.15, 0.2) is 0 Å². The van der Waals surface area contributed by atoms with E-state index in [9.17, 15) is 13.2 Å². The van der Waals surface area contributed by atoms with Gasteiger partial charge in [-0.1, -0.05) is 48.0 Å². The van der Waals surface area contributed by atoms with Crippen molar-refractivity contribution in [2.75, 3.05) is 39.4 Å². The zero-order chi connectivity index (χ0) is 22.0. The van der Waals surface area contributed by atoms with Gasteiger partial charge in [0.1, 0.15) is 6.17 Å². The number of carbonyl (C=O) groups excluding carboxylic acids is 1. The Morgan fingerprint density at radius 2 is 1.68 bits per heavy atom. The van der Waals surface area contributed by atoms with E-state index in [1.165, 1.54) is 4.31 Å². The monoisotopic (exact) mass is 443 g/mol. The Morgan fingerprint density at radius 3 is 2.32 bits per heavy atom. The van der Waals surface area contributed by atoms with Crippen molar-refractivity contribution in [3.8, 4) is 0 Å². The van der Waals surface area contributed by atoms with Crippen molar-refractivity contribution in [1.29, 1.82) is 0 Å². The normalized spacial score (nSPS) is 23.2. The van der Waals surface area contributed by atoms with Crippen LogP contribution < -0.4 is 0 Å². The summed E-state index contributed by atoms with van der Waals surface area (Å²) in [7, 11) is -3.78. The van der Waals surface area contributed by atoms with Gasteiger partial charge in [-0.15, -0.1) is 0 Å². The van der Waals surface area contributed by atoms with Gasteiger partial charge in [0.2, 0.25) is 15.9 Å². The summed E-state index contributed by atoms with van der Waals surface area (Å²) in [5, 5.41) is 0. The molecule has 4 rings (SSSR count). The molecule has 2 aliphatic rings. The first-order valence-corrected chi connectivity index (χ1v) is 12.1. The molecule has 0 unspecified atom stereocenters. The van der Waals surface area contributed by atoms with Gasteiger partial charge in [-0.2, -0.15) is 4.31 Å². The van der Waals surface area contributed by atoms with Crippen LogP contribution in [0.5, 0.6) is 0 Å². The van der Waals surface area contributed by atoms with Crippen molar-refractivity contribution in [3.63, 3.8) is 0 Å². The van der Waals surface area contributed by atoms with Gasteiger partial charge in [0, 0.05) is 25.7 Å². The minimum atomic E-state index is -3.78. The van der Waals surface area contributed by atoms with E-state index in [0.717, 1.165) is 11.1 Å². The van der Waals surface area contributed by atoms with Crippen molar-refractivity contribution in [1.82, 2.24) is 14.1 Å². The lowest BCUT2D eigenvalue weighted by Gasteiger charge is -2.34. The second-order valence-electron chi connectivity index (χ2n) is 8.21. The number of hydrogen-bond donors (Lipinski definition) is 0. The molecule has 0 radical (unpaired) electrons. The molecule has 0 aliphatic carbocycles. The third-order valence-corrected chi connectivity index (χ3v) is 7.77. The van der Waals surface area contributed by atoms with E-state index in [1.807, 2.05) is 44.2 Å². The highest BCUT2D eigenvalue weighted by atomic mass is 32.2. The molecule has 0 spiro atoms. The van der Waals surface area contributed by atoms with Crippen LogP contribution in [-0.4, -0.2) is 73.9 Å². The Kier molecular flexibility index (Phi) is 6.43. The number of sulfonamides is 1. The number of hydrogen-bond acceptors (Lipinski definition) is 5. The largest absolute Gasteiger partial charge is 0.379 e. The Bertz CT molecular complexity index is 1000. The highest BCUT2D eigenvalue weighted by molar-refractivity contribution is 7.89. The standard InChI is InChI=1S/C23H29N3O4S/c1-18-8-10-21(11-9-18)31(28,29)25-16-19(2)26(23(25)20-6-4-3-5-7-20)22(27)17-24-12-14-30-15-13-24/h3-11,19,23H,12-17H2,1-2H3/t19-,23-/m0/s1. The van der Waals surface area contributed by atoms with Crippen molar-refractivity contribution in [2.45, 2.75) is 31.0 Å². The van der Waals surface area contributed by atoms with E-state index in [-0.39, 0.29) is 29.9 Å². The topological polar surface area (TPSA) is 70.2 Å². The maximum atomic E-state index is 13.6. The first-order chi connectivity index (χ1) is 14.9. The Hall–Kier alpha value is -2.26. The summed E-state index contributed by atoms with van der Waals surface area (Å²) in [4.78, 5) is 17.4. The van der Waals surface area contributed by atoms with Crippen LogP contribution in [0.25, 0.3) is 0 Å². The van der Waals surface area contributed by atoms with Crippen LogP contribution in [0.15, 0.2) is 59.5 Å². The smallest absolute Gasteiger partial charge is 0.245 e. The lowest BCUT2D eigenvalue weighted by Crippen LogP contribution is -2.47. The molecule has 166 valence electrons. The number of aryl methyl sites for hydroxylation is 1. The molecule has 8 heteroatoms. The highest BCUT2D eigenvalue weighted by Crippen LogP contribution is 2.38. The number of carbonyl (C=O) groups is 1. The molecule has 7 nitrogen and oxygen atoms in total. The summed E-state index contributed by atoms with van der Waals surface area (Å²) in [5.74, 6) is -0.0649. The summed E-state index contributed by atoms with van der Waals surface area (Å²) in [6.45, 7) is 6.98. The van der Waals surface area contributed by atoms with Crippen LogP contribution in [0.4, 0.5) is 0 Å². The van der Waals surface area contributed by atoms with Gasteiger partial charge in [0.05, 0.1) is 24.7 Å². The van der Waals surface area contributed by atoms with Gasteiger partial charge in [-0.05, 0) is 31.5 Å². The molecule has 2 aromatic rings. The van der Waals surface area contributed by atoms with Gasteiger partial charge < -0.3 is 9.64 Å². The highest BCUT2D eigenvalue weighted by Gasteiger charge is 2.47. The third kappa shape index (κ3) is 4.52. The fourth-order valence-electron chi connectivity index (χ4n) is 4.27. The molecule has 2 aliphatic heterocycles. The van der Waals surface area contributed by atoms with E-state index < -0.39 is 16.2 Å². The molecule has 2 fully saturated rings. The zero-order valence-corrected chi connectivity index (χ0v) is 18.8. The summed E-state index contributed by atoms with van der Waals surface area (Å²) in [6.07, 6.45) is -0.670. The van der Waals surface area contributed by atoms with Crippen LogP contribution in [-0.2, 0) is 19.6 Å². The van der Waals surface area contributed by atoms with Crippen LogP contribution in [0, 0.1) is 6.92 Å².